The predicted octanol–water partition coefficient (Wildman–Crippen LogP) is 2.37. The Morgan fingerprint density at radius 3 is 2.33 bits per heavy atom. The van der Waals surface area contributed by atoms with Crippen LogP contribution in [-0.2, 0) is 11.0 Å². The first-order chi connectivity index (χ1) is 8.68. The van der Waals surface area contributed by atoms with Crippen LogP contribution in [0.4, 0.5) is 0 Å². The maximum atomic E-state index is 12.3. The fourth-order valence-corrected chi connectivity index (χ4v) is 3.34. The Labute approximate surface area is 113 Å². The lowest BCUT2D eigenvalue weighted by Crippen LogP contribution is -2.50. The van der Waals surface area contributed by atoms with Gasteiger partial charge in [-0.25, -0.2) is 8.51 Å². The van der Waals surface area contributed by atoms with E-state index in [-0.39, 0.29) is 0 Å². The van der Waals surface area contributed by atoms with Crippen molar-refractivity contribution in [2.75, 3.05) is 26.7 Å². The van der Waals surface area contributed by atoms with E-state index < -0.39 is 11.0 Å². The Morgan fingerprint density at radius 1 is 1.17 bits per heavy atom. The van der Waals surface area contributed by atoms with E-state index in [1.54, 1.807) is 0 Å². The molecule has 3 nitrogen and oxygen atoms in total. The minimum atomic E-state index is -1.01. The predicted molar refractivity (Wildman–Crippen MR) is 77.9 cm³/mol. The van der Waals surface area contributed by atoms with Gasteiger partial charge in [-0.15, -0.1) is 0 Å². The van der Waals surface area contributed by atoms with Crippen LogP contribution in [-0.4, -0.2) is 46.1 Å². The third kappa shape index (κ3) is 3.90. The molecule has 0 N–H and O–H groups in total. The summed E-state index contributed by atoms with van der Waals surface area (Å²) in [5.74, 6) is 0. The molecule has 1 aliphatic heterocycles. The highest BCUT2D eigenvalue weighted by Crippen LogP contribution is 2.16. The van der Waals surface area contributed by atoms with Crippen molar-refractivity contribution in [2.45, 2.75) is 31.7 Å². The lowest BCUT2D eigenvalue weighted by Gasteiger charge is -2.36. The molecule has 1 aromatic rings. The molecule has 0 saturated carbocycles. The topological polar surface area (TPSA) is 23.6 Å². The summed E-state index contributed by atoms with van der Waals surface area (Å²) >= 11 is 0. The van der Waals surface area contributed by atoms with Crippen molar-refractivity contribution in [3.8, 4) is 0 Å². The smallest absolute Gasteiger partial charge is 0.127 e. The Morgan fingerprint density at radius 2 is 1.78 bits per heavy atom. The van der Waals surface area contributed by atoms with Crippen molar-refractivity contribution >= 4 is 11.0 Å². The Hall–Kier alpha value is -0.710. The molecule has 2 rings (SSSR count). The van der Waals surface area contributed by atoms with Crippen LogP contribution >= 0.6 is 0 Å². The van der Waals surface area contributed by atoms with Gasteiger partial charge in [-0.3, -0.25) is 0 Å². The van der Waals surface area contributed by atoms with Gasteiger partial charge in [-0.2, -0.15) is 0 Å². The van der Waals surface area contributed by atoms with E-state index in [1.165, 1.54) is 0 Å². The van der Waals surface area contributed by atoms with E-state index in [4.69, 9.17) is 0 Å². The zero-order chi connectivity index (χ0) is 13.5. The monoisotopic (exact) mass is 268 g/mol. The number of likely N-dealkylation sites (N-methyl/N-ethyl adjacent to an activating group) is 1. The molecule has 18 heavy (non-hydrogen) atoms. The number of hydrogen-bond acceptors (Lipinski definition) is 2. The van der Waals surface area contributed by atoms with Crippen molar-refractivity contribution in [1.82, 2.24) is 9.21 Å². The number of hydrogen-bond donors (Lipinski definition) is 0. The van der Waals surface area contributed by atoms with E-state index in [1.807, 2.05) is 44.2 Å². The summed E-state index contributed by atoms with van der Waals surface area (Å²) in [6, 6.07) is 10.0. The fourth-order valence-electron chi connectivity index (χ4n) is 2.04. The Balaban J connectivity index is 0.000000771. The van der Waals surface area contributed by atoms with Gasteiger partial charge in [0.2, 0.25) is 0 Å². The summed E-state index contributed by atoms with van der Waals surface area (Å²) < 4.78 is 14.4. The van der Waals surface area contributed by atoms with Crippen LogP contribution in [0.2, 0.25) is 0 Å². The summed E-state index contributed by atoms with van der Waals surface area (Å²) in [6.45, 7) is 8.98. The molecule has 1 aliphatic rings. The molecule has 1 aromatic carbocycles. The van der Waals surface area contributed by atoms with Gasteiger partial charge in [0.25, 0.3) is 0 Å². The van der Waals surface area contributed by atoms with Crippen molar-refractivity contribution in [3.05, 3.63) is 30.3 Å². The SMILES string of the molecule is CC.CC1CN(C)CCN1S(=O)c1ccccc1. The van der Waals surface area contributed by atoms with Crippen molar-refractivity contribution < 1.29 is 4.21 Å². The van der Waals surface area contributed by atoms with Crippen LogP contribution < -0.4 is 0 Å². The van der Waals surface area contributed by atoms with Crippen LogP contribution in [0.5, 0.6) is 0 Å². The molecule has 2 unspecified atom stereocenters. The number of nitrogens with zero attached hydrogens (tertiary/aromatic N) is 2. The van der Waals surface area contributed by atoms with Gasteiger partial charge >= 0.3 is 0 Å². The average molecular weight is 268 g/mol. The largest absolute Gasteiger partial charge is 0.303 e. The molecule has 1 fully saturated rings. The van der Waals surface area contributed by atoms with Gasteiger partial charge in [-0.05, 0) is 26.1 Å². The van der Waals surface area contributed by atoms with E-state index in [0.29, 0.717) is 6.04 Å². The summed E-state index contributed by atoms with van der Waals surface area (Å²) in [6.07, 6.45) is 0. The molecule has 0 radical (unpaired) electrons. The second-order valence-corrected chi connectivity index (χ2v) is 5.75. The minimum Gasteiger partial charge on any atom is -0.303 e. The lowest BCUT2D eigenvalue weighted by atomic mass is 10.2. The normalized spacial score (nSPS) is 23.0. The molecule has 0 amide bonds. The molecule has 0 aromatic heterocycles. The van der Waals surface area contributed by atoms with Gasteiger partial charge < -0.3 is 4.90 Å². The number of rotatable bonds is 2. The molecule has 4 heteroatoms. The molecule has 0 bridgehead atoms. The molecular weight excluding hydrogens is 244 g/mol. The molecule has 102 valence electrons. The van der Waals surface area contributed by atoms with Gasteiger partial charge in [0.15, 0.2) is 0 Å². The zero-order valence-electron chi connectivity index (χ0n) is 11.8. The molecular formula is C14H24N2OS. The molecule has 2 atom stereocenters. The molecule has 1 saturated heterocycles. The summed E-state index contributed by atoms with van der Waals surface area (Å²) in [7, 11) is 1.10. The summed E-state index contributed by atoms with van der Waals surface area (Å²) in [5.41, 5.74) is 0. The van der Waals surface area contributed by atoms with Gasteiger partial charge in [-0.1, -0.05) is 32.0 Å². The summed E-state index contributed by atoms with van der Waals surface area (Å²) in [5, 5.41) is 0. The molecule has 1 heterocycles. The van der Waals surface area contributed by atoms with Gasteiger partial charge in [0.1, 0.15) is 11.0 Å². The minimum absolute atomic E-state index is 0.347. The number of piperazine rings is 1. The maximum absolute atomic E-state index is 12.3. The first-order valence-electron chi connectivity index (χ1n) is 6.60. The van der Waals surface area contributed by atoms with E-state index in [2.05, 4.69) is 23.2 Å². The van der Waals surface area contributed by atoms with Crippen LogP contribution in [0, 0.1) is 0 Å². The highest BCUT2D eigenvalue weighted by Gasteiger charge is 2.26. The van der Waals surface area contributed by atoms with E-state index in [9.17, 15) is 4.21 Å². The Bertz CT molecular complexity index is 369. The Kier molecular flexibility index (Phi) is 6.54. The van der Waals surface area contributed by atoms with Crippen LogP contribution in [0.3, 0.4) is 0 Å². The second kappa shape index (κ2) is 7.67. The van der Waals surface area contributed by atoms with Crippen molar-refractivity contribution in [3.63, 3.8) is 0 Å². The lowest BCUT2D eigenvalue weighted by molar-refractivity contribution is 0.176. The first-order valence-corrected chi connectivity index (χ1v) is 7.71. The highest BCUT2D eigenvalue weighted by atomic mass is 32.2. The van der Waals surface area contributed by atoms with Gasteiger partial charge in [0, 0.05) is 25.7 Å². The second-order valence-electron chi connectivity index (χ2n) is 4.31. The quantitative estimate of drug-likeness (QED) is 0.822. The zero-order valence-corrected chi connectivity index (χ0v) is 12.6. The first kappa shape index (κ1) is 15.3. The average Bonchev–Trinajstić information content (AvgIpc) is 2.41. The van der Waals surface area contributed by atoms with E-state index in [0.717, 1.165) is 24.5 Å². The standard InChI is InChI=1S/C12H18N2OS.C2H6/c1-11-10-13(2)8-9-14(11)16(15)12-6-4-3-5-7-12;1-2/h3-7,11H,8-10H2,1-2H3;1-2H3. The fraction of sp³-hybridized carbons (Fsp3) is 0.571. The van der Waals surface area contributed by atoms with Crippen LogP contribution in [0.15, 0.2) is 35.2 Å². The number of benzene rings is 1. The summed E-state index contributed by atoms with van der Waals surface area (Å²) in [4.78, 5) is 3.18. The third-order valence-corrected chi connectivity index (χ3v) is 4.57. The van der Waals surface area contributed by atoms with Crippen molar-refractivity contribution in [1.29, 1.82) is 0 Å². The van der Waals surface area contributed by atoms with E-state index >= 15 is 0 Å². The molecule has 0 aliphatic carbocycles. The third-order valence-electron chi connectivity index (χ3n) is 2.93. The van der Waals surface area contributed by atoms with Gasteiger partial charge in [0.05, 0.1) is 4.90 Å². The van der Waals surface area contributed by atoms with Crippen LogP contribution in [0.1, 0.15) is 20.8 Å². The molecule has 0 spiro atoms. The van der Waals surface area contributed by atoms with Crippen LogP contribution in [0.25, 0.3) is 0 Å². The highest BCUT2D eigenvalue weighted by molar-refractivity contribution is 7.82. The van der Waals surface area contributed by atoms with Crippen molar-refractivity contribution in [2.24, 2.45) is 0 Å². The maximum Gasteiger partial charge on any atom is 0.127 e.